The number of aryl methyl sites for hydroxylation is 1. The number of rotatable bonds is 5. The van der Waals surface area contributed by atoms with Crippen LogP contribution in [0.2, 0.25) is 0 Å². The molecule has 31 heavy (non-hydrogen) atoms. The van der Waals surface area contributed by atoms with Crippen molar-refractivity contribution in [1.29, 1.82) is 0 Å². The fourth-order valence-electron chi connectivity index (χ4n) is 4.04. The van der Waals surface area contributed by atoms with Crippen LogP contribution in [0.25, 0.3) is 16.9 Å². The summed E-state index contributed by atoms with van der Waals surface area (Å²) in [5.74, 6) is 0.805. The van der Waals surface area contributed by atoms with E-state index >= 15 is 0 Å². The van der Waals surface area contributed by atoms with Crippen molar-refractivity contribution in [3.05, 3.63) is 58.0 Å². The van der Waals surface area contributed by atoms with Gasteiger partial charge in [-0.05, 0) is 42.8 Å². The van der Waals surface area contributed by atoms with Gasteiger partial charge in [0.2, 0.25) is 5.91 Å². The third-order valence-electron chi connectivity index (χ3n) is 5.56. The Kier molecular flexibility index (Phi) is 5.03. The van der Waals surface area contributed by atoms with Crippen molar-refractivity contribution in [2.75, 3.05) is 23.8 Å². The number of thiophene rings is 1. The molecule has 158 valence electrons. The summed E-state index contributed by atoms with van der Waals surface area (Å²) in [7, 11) is 2.09. The van der Waals surface area contributed by atoms with Gasteiger partial charge in [-0.3, -0.25) is 4.79 Å². The predicted octanol–water partition coefficient (Wildman–Crippen LogP) is 3.36. The summed E-state index contributed by atoms with van der Waals surface area (Å²) in [6, 6.07) is 9.56. The maximum atomic E-state index is 11.8. The average Bonchev–Trinajstić information content (AvgIpc) is 3.40. The van der Waals surface area contributed by atoms with E-state index in [1.807, 2.05) is 12.1 Å². The Morgan fingerprint density at radius 3 is 2.94 bits per heavy atom. The molecule has 1 aromatic carbocycles. The molecule has 9 heteroatoms. The molecule has 0 saturated carbocycles. The topological polar surface area (TPSA) is 102 Å². The normalized spacial score (nSPS) is 13.8. The summed E-state index contributed by atoms with van der Waals surface area (Å²) < 4.78 is 1.68. The molecule has 1 aliphatic heterocycles. The molecule has 0 spiro atoms. The van der Waals surface area contributed by atoms with Gasteiger partial charge in [-0.1, -0.05) is 12.1 Å². The van der Waals surface area contributed by atoms with Gasteiger partial charge in [-0.15, -0.1) is 11.3 Å². The SMILES string of the molecule is CN1CCCCc2nc(-n3ncc4c(C(N)=O)cccc43)nc(NCc3cccs3)c21. The van der Waals surface area contributed by atoms with E-state index in [0.29, 0.717) is 23.4 Å². The maximum absolute atomic E-state index is 11.8. The minimum absolute atomic E-state index is 0.439. The number of primary amides is 1. The number of carbonyl (C=O) groups is 1. The minimum Gasteiger partial charge on any atom is -0.370 e. The standard InChI is InChI=1S/C22H23N7OS/c1-28-10-3-2-8-17-19(28)21(24-12-14-6-5-11-31-14)27-22(26-17)29-18-9-4-7-15(20(23)30)16(18)13-25-29/h4-7,9,11,13H,2-3,8,10,12H2,1H3,(H2,23,30)(H,24,26,27). The molecular weight excluding hydrogens is 410 g/mol. The monoisotopic (exact) mass is 433 g/mol. The molecule has 0 atom stereocenters. The molecule has 0 aliphatic carbocycles. The van der Waals surface area contributed by atoms with E-state index in [4.69, 9.17) is 15.7 Å². The number of anilines is 2. The van der Waals surface area contributed by atoms with Crippen LogP contribution >= 0.6 is 11.3 Å². The first kappa shape index (κ1) is 19.5. The first-order valence-corrected chi connectivity index (χ1v) is 11.1. The quantitative estimate of drug-likeness (QED) is 0.500. The number of nitrogens with zero attached hydrogens (tertiary/aromatic N) is 5. The van der Waals surface area contributed by atoms with Crippen molar-refractivity contribution < 1.29 is 4.79 Å². The van der Waals surface area contributed by atoms with E-state index < -0.39 is 5.91 Å². The van der Waals surface area contributed by atoms with Gasteiger partial charge in [-0.25, -0.2) is 4.98 Å². The lowest BCUT2D eigenvalue weighted by Gasteiger charge is -2.22. The average molecular weight is 434 g/mol. The Hall–Kier alpha value is -3.46. The number of benzene rings is 1. The number of aromatic nitrogens is 4. The molecule has 0 saturated heterocycles. The van der Waals surface area contributed by atoms with Crippen LogP contribution < -0.4 is 16.0 Å². The number of carbonyl (C=O) groups excluding carboxylic acids is 1. The summed E-state index contributed by atoms with van der Waals surface area (Å²) in [5, 5.41) is 10.8. The molecular formula is C22H23N7OS. The maximum Gasteiger partial charge on any atom is 0.253 e. The van der Waals surface area contributed by atoms with Crippen molar-refractivity contribution in [2.45, 2.75) is 25.8 Å². The van der Waals surface area contributed by atoms with E-state index in [-0.39, 0.29) is 0 Å². The molecule has 3 aromatic heterocycles. The molecule has 1 aliphatic rings. The van der Waals surface area contributed by atoms with Crippen LogP contribution in [0, 0.1) is 0 Å². The fourth-order valence-corrected chi connectivity index (χ4v) is 4.69. The Morgan fingerprint density at radius 1 is 1.23 bits per heavy atom. The third-order valence-corrected chi connectivity index (χ3v) is 6.44. The second-order valence-electron chi connectivity index (χ2n) is 7.64. The fraction of sp³-hybridized carbons (Fsp3) is 0.273. The molecule has 4 aromatic rings. The van der Waals surface area contributed by atoms with Crippen molar-refractivity contribution >= 4 is 39.7 Å². The Labute approximate surface area is 183 Å². The molecule has 8 nitrogen and oxygen atoms in total. The van der Waals surface area contributed by atoms with Crippen LogP contribution in [0.15, 0.2) is 41.9 Å². The van der Waals surface area contributed by atoms with Crippen molar-refractivity contribution in [1.82, 2.24) is 19.7 Å². The molecule has 0 fully saturated rings. The second kappa shape index (κ2) is 7.99. The van der Waals surface area contributed by atoms with Gasteiger partial charge in [0, 0.05) is 23.9 Å². The molecule has 5 rings (SSSR count). The van der Waals surface area contributed by atoms with Crippen LogP contribution in [0.1, 0.15) is 33.8 Å². The highest BCUT2D eigenvalue weighted by molar-refractivity contribution is 7.09. The Morgan fingerprint density at radius 2 is 2.13 bits per heavy atom. The summed E-state index contributed by atoms with van der Waals surface area (Å²) in [6.07, 6.45) is 4.72. The van der Waals surface area contributed by atoms with Crippen LogP contribution in [0.5, 0.6) is 0 Å². The lowest BCUT2D eigenvalue weighted by Crippen LogP contribution is -2.22. The number of fused-ring (bicyclic) bond motifs is 2. The van der Waals surface area contributed by atoms with Gasteiger partial charge in [0.1, 0.15) is 5.69 Å². The lowest BCUT2D eigenvalue weighted by atomic mass is 10.1. The van der Waals surface area contributed by atoms with E-state index in [1.54, 1.807) is 34.3 Å². The van der Waals surface area contributed by atoms with Gasteiger partial charge >= 0.3 is 0 Å². The zero-order chi connectivity index (χ0) is 21.4. The van der Waals surface area contributed by atoms with Gasteiger partial charge in [0.25, 0.3) is 5.95 Å². The largest absolute Gasteiger partial charge is 0.370 e. The predicted molar refractivity (Wildman–Crippen MR) is 123 cm³/mol. The van der Waals surface area contributed by atoms with Gasteiger partial charge < -0.3 is 16.0 Å². The summed E-state index contributed by atoms with van der Waals surface area (Å²) in [6.45, 7) is 1.66. The summed E-state index contributed by atoms with van der Waals surface area (Å²) in [4.78, 5) is 25.0. The molecule has 4 heterocycles. The van der Waals surface area contributed by atoms with Gasteiger partial charge in [-0.2, -0.15) is 14.8 Å². The van der Waals surface area contributed by atoms with E-state index in [2.05, 4.69) is 33.8 Å². The highest BCUT2D eigenvalue weighted by Gasteiger charge is 2.22. The Bertz CT molecular complexity index is 1250. The first-order valence-electron chi connectivity index (χ1n) is 10.3. The number of amides is 1. The van der Waals surface area contributed by atoms with Gasteiger partial charge in [0.15, 0.2) is 5.82 Å². The van der Waals surface area contributed by atoms with Crippen LogP contribution in [-0.2, 0) is 13.0 Å². The molecule has 0 bridgehead atoms. The smallest absolute Gasteiger partial charge is 0.253 e. The van der Waals surface area contributed by atoms with Gasteiger partial charge in [0.05, 0.1) is 29.5 Å². The Balaban J connectivity index is 1.63. The first-order chi connectivity index (χ1) is 15.1. The highest BCUT2D eigenvalue weighted by atomic mass is 32.1. The molecule has 0 unspecified atom stereocenters. The summed E-state index contributed by atoms with van der Waals surface area (Å²) in [5.41, 5.74) is 8.79. The molecule has 1 amide bonds. The highest BCUT2D eigenvalue weighted by Crippen LogP contribution is 2.32. The van der Waals surface area contributed by atoms with E-state index in [0.717, 1.165) is 48.5 Å². The minimum atomic E-state index is -0.479. The molecule has 3 N–H and O–H groups in total. The third kappa shape index (κ3) is 3.61. The number of nitrogens with one attached hydrogen (secondary N) is 1. The van der Waals surface area contributed by atoms with Crippen molar-refractivity contribution in [2.24, 2.45) is 5.73 Å². The zero-order valence-electron chi connectivity index (χ0n) is 17.2. The summed E-state index contributed by atoms with van der Waals surface area (Å²) >= 11 is 1.71. The number of hydrogen-bond acceptors (Lipinski definition) is 7. The van der Waals surface area contributed by atoms with Crippen LogP contribution in [-0.4, -0.2) is 39.2 Å². The second-order valence-corrected chi connectivity index (χ2v) is 8.67. The van der Waals surface area contributed by atoms with E-state index in [1.165, 1.54) is 4.88 Å². The number of nitrogens with two attached hydrogens (primary N) is 1. The zero-order valence-corrected chi connectivity index (χ0v) is 18.0. The number of hydrogen-bond donors (Lipinski definition) is 2. The van der Waals surface area contributed by atoms with Crippen LogP contribution in [0.3, 0.4) is 0 Å². The van der Waals surface area contributed by atoms with E-state index in [9.17, 15) is 4.79 Å². The lowest BCUT2D eigenvalue weighted by molar-refractivity contribution is 0.100. The van der Waals surface area contributed by atoms with Crippen LogP contribution in [0.4, 0.5) is 11.5 Å². The molecule has 0 radical (unpaired) electrons. The van der Waals surface area contributed by atoms with Crippen molar-refractivity contribution in [3.8, 4) is 5.95 Å². The van der Waals surface area contributed by atoms with Crippen molar-refractivity contribution in [3.63, 3.8) is 0 Å².